The van der Waals surface area contributed by atoms with Crippen LogP contribution < -0.4 is 14.4 Å². The predicted molar refractivity (Wildman–Crippen MR) is 116 cm³/mol. The summed E-state index contributed by atoms with van der Waals surface area (Å²) in [5.41, 5.74) is 1.21. The lowest BCUT2D eigenvalue weighted by Crippen LogP contribution is -2.27. The Morgan fingerprint density at radius 1 is 1.11 bits per heavy atom. The normalized spacial score (nSPS) is 15.4. The van der Waals surface area contributed by atoms with Crippen LogP contribution in [0.4, 0.5) is 10.5 Å². The maximum absolute atomic E-state index is 12.8. The number of ether oxygens (including phenoxy) is 2. The van der Waals surface area contributed by atoms with Gasteiger partial charge in [-0.15, -0.1) is 0 Å². The van der Waals surface area contributed by atoms with E-state index in [0.717, 1.165) is 22.2 Å². The van der Waals surface area contributed by atoms with Gasteiger partial charge in [0.2, 0.25) is 0 Å². The van der Waals surface area contributed by atoms with Crippen LogP contribution in [0.3, 0.4) is 0 Å². The van der Waals surface area contributed by atoms with Crippen molar-refractivity contribution >= 4 is 62.2 Å². The van der Waals surface area contributed by atoms with Gasteiger partial charge in [0.1, 0.15) is 0 Å². The highest BCUT2D eigenvalue weighted by atomic mass is 79.9. The number of imide groups is 1. The molecule has 0 atom stereocenters. The molecule has 0 unspecified atom stereocenters. The van der Waals surface area contributed by atoms with Crippen LogP contribution in [0.25, 0.3) is 6.08 Å². The first-order chi connectivity index (χ1) is 13.4. The number of carbonyl (C=O) groups is 2. The molecule has 1 fully saturated rings. The third-order valence-corrected chi connectivity index (χ3v) is 5.51. The summed E-state index contributed by atoms with van der Waals surface area (Å²) in [4.78, 5) is 26.6. The standard InChI is InChI=1S/C20H17BrClNO4S/c1-3-26-16-10-12(9-15(21)18(16)27-4-2)11-17-19(24)23(20(25)28-17)14-7-5-13(22)6-8-14/h5-11H,3-4H2,1-2H3/b17-11-. The smallest absolute Gasteiger partial charge is 0.298 e. The van der Waals surface area contributed by atoms with Gasteiger partial charge in [-0.05, 0) is 89.6 Å². The molecule has 1 heterocycles. The zero-order valence-corrected chi connectivity index (χ0v) is 18.4. The molecular weight excluding hydrogens is 466 g/mol. The van der Waals surface area contributed by atoms with Gasteiger partial charge in [0.15, 0.2) is 11.5 Å². The minimum atomic E-state index is -0.375. The predicted octanol–water partition coefficient (Wildman–Crippen LogP) is 6.14. The van der Waals surface area contributed by atoms with E-state index >= 15 is 0 Å². The molecule has 146 valence electrons. The Morgan fingerprint density at radius 3 is 2.43 bits per heavy atom. The summed E-state index contributed by atoms with van der Waals surface area (Å²) in [5, 5.41) is 0.183. The number of halogens is 2. The van der Waals surface area contributed by atoms with E-state index in [9.17, 15) is 9.59 Å². The van der Waals surface area contributed by atoms with Gasteiger partial charge in [0.25, 0.3) is 11.1 Å². The first-order valence-electron chi connectivity index (χ1n) is 8.57. The van der Waals surface area contributed by atoms with E-state index in [1.807, 2.05) is 19.9 Å². The molecule has 2 amide bonds. The van der Waals surface area contributed by atoms with Crippen LogP contribution >= 0.6 is 39.3 Å². The van der Waals surface area contributed by atoms with Crippen LogP contribution in [-0.4, -0.2) is 24.4 Å². The van der Waals surface area contributed by atoms with Gasteiger partial charge in [-0.1, -0.05) is 11.6 Å². The van der Waals surface area contributed by atoms with E-state index in [-0.39, 0.29) is 11.1 Å². The van der Waals surface area contributed by atoms with Gasteiger partial charge < -0.3 is 9.47 Å². The van der Waals surface area contributed by atoms with Gasteiger partial charge in [-0.3, -0.25) is 9.59 Å². The van der Waals surface area contributed by atoms with Gasteiger partial charge in [-0.25, -0.2) is 4.90 Å². The molecular formula is C20H17BrClNO4S. The Hall–Kier alpha value is -1.96. The number of hydrogen-bond acceptors (Lipinski definition) is 5. The number of rotatable bonds is 6. The first kappa shape index (κ1) is 20.8. The van der Waals surface area contributed by atoms with E-state index < -0.39 is 0 Å². The van der Waals surface area contributed by atoms with Crippen LogP contribution in [0.2, 0.25) is 5.02 Å². The number of anilines is 1. The number of hydrogen-bond donors (Lipinski definition) is 0. The van der Waals surface area contributed by atoms with Crippen molar-refractivity contribution in [3.63, 3.8) is 0 Å². The number of carbonyl (C=O) groups excluding carboxylic acids is 2. The van der Waals surface area contributed by atoms with Crippen molar-refractivity contribution in [2.24, 2.45) is 0 Å². The summed E-state index contributed by atoms with van der Waals surface area (Å²) in [7, 11) is 0. The Kier molecular flexibility index (Phi) is 6.69. The average Bonchev–Trinajstić information content (AvgIpc) is 2.93. The quantitative estimate of drug-likeness (QED) is 0.463. The Balaban J connectivity index is 1.94. The number of amides is 2. The van der Waals surface area contributed by atoms with Crippen molar-refractivity contribution in [3.8, 4) is 11.5 Å². The SMILES string of the molecule is CCOc1cc(/C=C2\SC(=O)N(c3ccc(Cl)cc3)C2=O)cc(Br)c1OCC. The summed E-state index contributed by atoms with van der Waals surface area (Å²) < 4.78 is 12.0. The first-order valence-corrected chi connectivity index (χ1v) is 10.6. The lowest BCUT2D eigenvalue weighted by atomic mass is 10.1. The monoisotopic (exact) mass is 481 g/mol. The molecule has 5 nitrogen and oxygen atoms in total. The molecule has 3 rings (SSSR count). The van der Waals surface area contributed by atoms with Gasteiger partial charge in [-0.2, -0.15) is 0 Å². The molecule has 2 aromatic rings. The van der Waals surface area contributed by atoms with Crippen molar-refractivity contribution in [2.45, 2.75) is 13.8 Å². The molecule has 1 aliphatic rings. The third kappa shape index (κ3) is 4.37. The van der Waals surface area contributed by atoms with Crippen molar-refractivity contribution in [1.82, 2.24) is 0 Å². The molecule has 0 spiro atoms. The fourth-order valence-corrected chi connectivity index (χ4v) is 4.19. The molecule has 0 aromatic heterocycles. The molecule has 0 N–H and O–H groups in total. The molecule has 28 heavy (non-hydrogen) atoms. The van der Waals surface area contributed by atoms with Gasteiger partial charge in [0.05, 0.1) is 28.3 Å². The van der Waals surface area contributed by atoms with Crippen molar-refractivity contribution < 1.29 is 19.1 Å². The molecule has 8 heteroatoms. The highest BCUT2D eigenvalue weighted by molar-refractivity contribution is 9.10. The second-order valence-corrected chi connectivity index (χ2v) is 7.97. The second-order valence-electron chi connectivity index (χ2n) is 5.69. The van der Waals surface area contributed by atoms with Crippen LogP contribution in [-0.2, 0) is 4.79 Å². The second kappa shape index (κ2) is 9.03. The lowest BCUT2D eigenvalue weighted by Gasteiger charge is -2.14. The Morgan fingerprint density at radius 2 is 1.79 bits per heavy atom. The minimum Gasteiger partial charge on any atom is -0.490 e. The zero-order chi connectivity index (χ0) is 20.3. The van der Waals surface area contributed by atoms with E-state index in [2.05, 4.69) is 15.9 Å². The highest BCUT2D eigenvalue weighted by Gasteiger charge is 2.36. The van der Waals surface area contributed by atoms with E-state index in [1.54, 1.807) is 36.4 Å². The fraction of sp³-hybridized carbons (Fsp3) is 0.200. The van der Waals surface area contributed by atoms with Crippen molar-refractivity contribution in [1.29, 1.82) is 0 Å². The molecule has 2 aromatic carbocycles. The Bertz CT molecular complexity index is 946. The largest absolute Gasteiger partial charge is 0.490 e. The van der Waals surface area contributed by atoms with Crippen LogP contribution in [0.15, 0.2) is 45.8 Å². The maximum atomic E-state index is 12.8. The molecule has 1 saturated heterocycles. The summed E-state index contributed by atoms with van der Waals surface area (Å²) in [6.07, 6.45) is 1.67. The third-order valence-electron chi connectivity index (χ3n) is 3.80. The lowest BCUT2D eigenvalue weighted by molar-refractivity contribution is -0.113. The Labute approximate surface area is 180 Å². The zero-order valence-electron chi connectivity index (χ0n) is 15.2. The highest BCUT2D eigenvalue weighted by Crippen LogP contribution is 2.40. The maximum Gasteiger partial charge on any atom is 0.298 e. The van der Waals surface area contributed by atoms with Crippen molar-refractivity contribution in [3.05, 3.63) is 56.4 Å². The molecule has 0 saturated carbocycles. The number of thioether (sulfide) groups is 1. The molecule has 0 bridgehead atoms. The molecule has 0 radical (unpaired) electrons. The topological polar surface area (TPSA) is 55.8 Å². The van der Waals surface area contributed by atoms with Crippen LogP contribution in [0.5, 0.6) is 11.5 Å². The summed E-state index contributed by atoms with van der Waals surface area (Å²) in [5.74, 6) is 0.804. The van der Waals surface area contributed by atoms with Gasteiger partial charge >= 0.3 is 0 Å². The summed E-state index contributed by atoms with van der Waals surface area (Å²) >= 11 is 10.3. The van der Waals surface area contributed by atoms with E-state index in [1.165, 1.54) is 0 Å². The number of benzene rings is 2. The van der Waals surface area contributed by atoms with E-state index in [4.69, 9.17) is 21.1 Å². The summed E-state index contributed by atoms with van der Waals surface area (Å²) in [6.45, 7) is 4.75. The van der Waals surface area contributed by atoms with Gasteiger partial charge in [0, 0.05) is 5.02 Å². The minimum absolute atomic E-state index is 0.332. The van der Waals surface area contributed by atoms with E-state index in [0.29, 0.717) is 44.8 Å². The fourth-order valence-electron chi connectivity index (χ4n) is 2.65. The molecule has 0 aliphatic carbocycles. The average molecular weight is 483 g/mol. The van der Waals surface area contributed by atoms with Crippen LogP contribution in [0, 0.1) is 0 Å². The molecule has 1 aliphatic heterocycles. The van der Waals surface area contributed by atoms with Crippen LogP contribution in [0.1, 0.15) is 19.4 Å². The van der Waals surface area contributed by atoms with Crippen molar-refractivity contribution in [2.75, 3.05) is 18.1 Å². The summed E-state index contributed by atoms with van der Waals surface area (Å²) in [6, 6.07) is 10.2. The number of nitrogens with zero attached hydrogens (tertiary/aromatic N) is 1.